The molecule has 2 amide bonds. The van der Waals surface area contributed by atoms with Crippen LogP contribution in [0.5, 0.6) is 0 Å². The molecule has 0 saturated heterocycles. The fraction of sp³-hybridized carbons (Fsp3) is 0.167. The van der Waals surface area contributed by atoms with Gasteiger partial charge in [0, 0.05) is 29.8 Å². The van der Waals surface area contributed by atoms with E-state index in [1.165, 1.54) is 52.5 Å². The summed E-state index contributed by atoms with van der Waals surface area (Å²) < 4.78 is 14.2. The number of hydrogen-bond acceptors (Lipinski definition) is 6. The maximum atomic E-state index is 12.9. The Labute approximate surface area is 163 Å². The van der Waals surface area contributed by atoms with E-state index in [2.05, 4.69) is 20.7 Å². The molecule has 2 heterocycles. The van der Waals surface area contributed by atoms with Crippen LogP contribution in [0.4, 0.5) is 9.52 Å². The predicted octanol–water partition coefficient (Wildman–Crippen LogP) is 1.45. The molecule has 0 aliphatic carbocycles. The Kier molecular flexibility index (Phi) is 6.22. The predicted molar refractivity (Wildman–Crippen MR) is 102 cm³/mol. The maximum Gasteiger partial charge on any atom is 0.266 e. The number of rotatable bonds is 7. The van der Waals surface area contributed by atoms with E-state index in [9.17, 15) is 18.8 Å². The number of nitrogens with one attached hydrogen (secondary N) is 2. The molecule has 8 nitrogen and oxygen atoms in total. The first-order valence-corrected chi connectivity index (χ1v) is 9.19. The van der Waals surface area contributed by atoms with Crippen molar-refractivity contribution in [1.29, 1.82) is 0 Å². The molecule has 2 N–H and O–H groups in total. The van der Waals surface area contributed by atoms with E-state index in [1.807, 2.05) is 0 Å². The van der Waals surface area contributed by atoms with E-state index in [4.69, 9.17) is 0 Å². The molecule has 144 valence electrons. The molecule has 0 bridgehead atoms. The summed E-state index contributed by atoms with van der Waals surface area (Å²) in [5.74, 6) is -1.09. The lowest BCUT2D eigenvalue weighted by Gasteiger charge is -2.05. The highest BCUT2D eigenvalue weighted by atomic mass is 32.1. The second kappa shape index (κ2) is 9.00. The van der Waals surface area contributed by atoms with E-state index >= 15 is 0 Å². The molecule has 0 fully saturated rings. The second-order valence-corrected chi connectivity index (χ2v) is 6.57. The normalized spacial score (nSPS) is 10.5. The smallest absolute Gasteiger partial charge is 0.266 e. The third kappa shape index (κ3) is 5.30. The molecule has 10 heteroatoms. The number of hydrogen-bond donors (Lipinski definition) is 2. The Bertz CT molecular complexity index is 1030. The van der Waals surface area contributed by atoms with Crippen LogP contribution in [0.1, 0.15) is 16.1 Å². The molecule has 0 atom stereocenters. The quantitative estimate of drug-likeness (QED) is 0.623. The molecule has 3 aromatic rings. The zero-order chi connectivity index (χ0) is 19.9. The number of nitrogens with zero attached hydrogens (tertiary/aromatic N) is 3. The Balaban J connectivity index is 1.47. The van der Waals surface area contributed by atoms with Crippen LogP contribution in [0.3, 0.4) is 0 Å². The summed E-state index contributed by atoms with van der Waals surface area (Å²) >= 11 is 1.19. The number of amides is 2. The highest BCUT2D eigenvalue weighted by Crippen LogP contribution is 2.17. The van der Waals surface area contributed by atoms with Crippen molar-refractivity contribution >= 4 is 28.3 Å². The second-order valence-electron chi connectivity index (χ2n) is 5.72. The van der Waals surface area contributed by atoms with Gasteiger partial charge >= 0.3 is 0 Å². The molecule has 0 unspecified atom stereocenters. The van der Waals surface area contributed by atoms with Gasteiger partial charge in [0.15, 0.2) is 5.13 Å². The van der Waals surface area contributed by atoms with Crippen LogP contribution in [-0.2, 0) is 17.8 Å². The van der Waals surface area contributed by atoms with Crippen molar-refractivity contribution in [3.8, 4) is 0 Å². The number of carbonyl (C=O) groups excluding carboxylic acids is 2. The van der Waals surface area contributed by atoms with E-state index in [0.29, 0.717) is 16.4 Å². The number of anilines is 1. The zero-order valence-electron chi connectivity index (χ0n) is 14.6. The van der Waals surface area contributed by atoms with Crippen molar-refractivity contribution in [3.05, 3.63) is 75.4 Å². The van der Waals surface area contributed by atoms with Gasteiger partial charge in [0.1, 0.15) is 5.82 Å². The van der Waals surface area contributed by atoms with Gasteiger partial charge in [-0.15, -0.1) is 11.3 Å². The Morgan fingerprint density at radius 1 is 1.18 bits per heavy atom. The molecule has 1 aromatic carbocycles. The number of halogens is 1. The van der Waals surface area contributed by atoms with Gasteiger partial charge in [0.25, 0.3) is 11.5 Å². The lowest BCUT2D eigenvalue weighted by Crippen LogP contribution is -2.32. The lowest BCUT2D eigenvalue weighted by atomic mass is 10.2. The lowest BCUT2D eigenvalue weighted by molar-refractivity contribution is -0.120. The summed E-state index contributed by atoms with van der Waals surface area (Å²) in [6.45, 7) is 0.523. The standard InChI is InChI=1S/C18H16FN5O3S/c19-13-5-3-12(4-6-13)17(27)23-18-22-14(11-28-18)10-15(25)20-8-9-24-16(26)2-1-7-21-24/h1-7,11H,8-10H2,(H,20,25)(H,22,23,27). The third-order valence-corrected chi connectivity index (χ3v) is 4.46. The summed E-state index contributed by atoms with van der Waals surface area (Å²) in [7, 11) is 0. The van der Waals surface area contributed by atoms with Crippen LogP contribution in [-0.4, -0.2) is 33.1 Å². The van der Waals surface area contributed by atoms with Gasteiger partial charge in [-0.05, 0) is 30.3 Å². The Morgan fingerprint density at radius 2 is 1.96 bits per heavy atom. The van der Waals surface area contributed by atoms with Crippen molar-refractivity contribution in [2.45, 2.75) is 13.0 Å². The largest absolute Gasteiger partial charge is 0.354 e. The SMILES string of the molecule is O=C(Cc1csc(NC(=O)c2ccc(F)cc2)n1)NCCn1ncccc1=O. The first-order valence-electron chi connectivity index (χ1n) is 8.31. The van der Waals surface area contributed by atoms with E-state index in [-0.39, 0.29) is 31.0 Å². The summed E-state index contributed by atoms with van der Waals surface area (Å²) in [6, 6.07) is 8.09. The minimum Gasteiger partial charge on any atom is -0.354 e. The molecule has 28 heavy (non-hydrogen) atoms. The molecular weight excluding hydrogens is 385 g/mol. The minimum atomic E-state index is -0.424. The Hall–Kier alpha value is -3.40. The monoisotopic (exact) mass is 401 g/mol. The average Bonchev–Trinajstić information content (AvgIpc) is 3.10. The van der Waals surface area contributed by atoms with Gasteiger partial charge in [-0.2, -0.15) is 5.10 Å². The van der Waals surface area contributed by atoms with Crippen molar-refractivity contribution in [2.75, 3.05) is 11.9 Å². The minimum absolute atomic E-state index is 0.0417. The molecule has 0 radical (unpaired) electrons. The van der Waals surface area contributed by atoms with Crippen molar-refractivity contribution in [1.82, 2.24) is 20.1 Å². The fourth-order valence-corrected chi connectivity index (χ4v) is 3.00. The zero-order valence-corrected chi connectivity index (χ0v) is 15.4. The van der Waals surface area contributed by atoms with Crippen LogP contribution in [0.2, 0.25) is 0 Å². The summed E-state index contributed by atoms with van der Waals surface area (Å²) in [5.41, 5.74) is 0.574. The maximum absolute atomic E-state index is 12.9. The number of benzene rings is 1. The van der Waals surface area contributed by atoms with Crippen molar-refractivity contribution < 1.29 is 14.0 Å². The van der Waals surface area contributed by atoms with Crippen LogP contribution in [0.25, 0.3) is 0 Å². The van der Waals surface area contributed by atoms with Gasteiger partial charge in [-0.25, -0.2) is 14.1 Å². The number of aromatic nitrogens is 3. The molecule has 0 aliphatic rings. The van der Waals surface area contributed by atoms with E-state index in [0.717, 1.165) is 0 Å². The highest BCUT2D eigenvalue weighted by molar-refractivity contribution is 7.14. The van der Waals surface area contributed by atoms with Gasteiger partial charge < -0.3 is 5.32 Å². The summed E-state index contributed by atoms with van der Waals surface area (Å²) in [4.78, 5) is 39.8. The summed E-state index contributed by atoms with van der Waals surface area (Å²) in [5, 5.41) is 11.2. The van der Waals surface area contributed by atoms with Crippen LogP contribution in [0.15, 0.2) is 52.8 Å². The van der Waals surface area contributed by atoms with Gasteiger partial charge in [0.2, 0.25) is 5.91 Å². The van der Waals surface area contributed by atoms with Crippen LogP contribution >= 0.6 is 11.3 Å². The fourth-order valence-electron chi connectivity index (χ4n) is 2.30. The number of thiazole rings is 1. The molecular formula is C18H16FN5O3S. The molecule has 3 rings (SSSR count). The van der Waals surface area contributed by atoms with Crippen LogP contribution < -0.4 is 16.2 Å². The number of carbonyl (C=O) groups is 2. The average molecular weight is 401 g/mol. The first kappa shape index (κ1) is 19.4. The highest BCUT2D eigenvalue weighted by Gasteiger charge is 2.11. The van der Waals surface area contributed by atoms with Gasteiger partial charge in [-0.3, -0.25) is 19.7 Å². The topological polar surface area (TPSA) is 106 Å². The Morgan fingerprint density at radius 3 is 2.71 bits per heavy atom. The molecule has 0 aliphatic heterocycles. The third-order valence-electron chi connectivity index (χ3n) is 3.65. The van der Waals surface area contributed by atoms with Crippen molar-refractivity contribution in [2.24, 2.45) is 0 Å². The van der Waals surface area contributed by atoms with E-state index in [1.54, 1.807) is 11.4 Å². The first-order chi connectivity index (χ1) is 13.5. The van der Waals surface area contributed by atoms with E-state index < -0.39 is 11.7 Å². The van der Waals surface area contributed by atoms with Gasteiger partial charge in [-0.1, -0.05) is 0 Å². The molecule has 0 spiro atoms. The molecule has 2 aromatic heterocycles. The van der Waals surface area contributed by atoms with Crippen molar-refractivity contribution in [3.63, 3.8) is 0 Å². The van der Waals surface area contributed by atoms with Gasteiger partial charge in [0.05, 0.1) is 18.7 Å². The summed E-state index contributed by atoms with van der Waals surface area (Å²) in [6.07, 6.45) is 1.54. The van der Waals surface area contributed by atoms with Crippen LogP contribution in [0, 0.1) is 5.82 Å². The molecule has 0 saturated carbocycles.